The molecule has 0 aromatic heterocycles. The summed E-state index contributed by atoms with van der Waals surface area (Å²) in [5.41, 5.74) is 0. The summed E-state index contributed by atoms with van der Waals surface area (Å²) in [5, 5.41) is 6.17. The first-order chi connectivity index (χ1) is 7.83. The van der Waals surface area contributed by atoms with E-state index < -0.39 is 0 Å². The van der Waals surface area contributed by atoms with E-state index in [4.69, 9.17) is 0 Å². The second-order valence-corrected chi connectivity index (χ2v) is 4.43. The van der Waals surface area contributed by atoms with Gasteiger partial charge < -0.3 is 5.32 Å². The third-order valence-corrected chi connectivity index (χ3v) is 3.38. The van der Waals surface area contributed by atoms with E-state index in [9.17, 15) is 9.59 Å². The summed E-state index contributed by atoms with van der Waals surface area (Å²) in [4.78, 5) is 23.0. The fraction of sp³-hybridized carbons (Fsp3) is 0.818. The Balaban J connectivity index is 1.96. The van der Waals surface area contributed by atoms with Gasteiger partial charge in [-0.25, -0.2) is 10.0 Å². The van der Waals surface area contributed by atoms with E-state index in [-0.39, 0.29) is 11.8 Å². The van der Waals surface area contributed by atoms with Crippen molar-refractivity contribution in [1.29, 1.82) is 0 Å². The van der Waals surface area contributed by atoms with Crippen LogP contribution in [0.2, 0.25) is 0 Å². The van der Waals surface area contributed by atoms with Crippen molar-refractivity contribution in [2.75, 3.05) is 26.2 Å². The number of nitrogens with one attached hydrogen (secondary N) is 1. The lowest BCUT2D eigenvalue weighted by molar-refractivity contribution is -0.144. The van der Waals surface area contributed by atoms with Gasteiger partial charge in [-0.2, -0.15) is 0 Å². The van der Waals surface area contributed by atoms with E-state index >= 15 is 0 Å². The maximum atomic E-state index is 12.1. The van der Waals surface area contributed by atoms with Gasteiger partial charge >= 0.3 is 6.41 Å². The van der Waals surface area contributed by atoms with Crippen LogP contribution in [0.4, 0.5) is 0 Å². The Morgan fingerprint density at radius 3 is 2.44 bits per heavy atom. The van der Waals surface area contributed by atoms with E-state index in [0.29, 0.717) is 13.1 Å². The van der Waals surface area contributed by atoms with Crippen molar-refractivity contribution < 1.29 is 9.59 Å². The monoisotopic (exact) mass is 224 g/mol. The maximum Gasteiger partial charge on any atom is 0.335 e. The molecule has 16 heavy (non-hydrogen) atoms. The third-order valence-electron chi connectivity index (χ3n) is 3.38. The van der Waals surface area contributed by atoms with Crippen molar-refractivity contribution in [3.05, 3.63) is 0 Å². The third kappa shape index (κ3) is 2.41. The number of imide groups is 1. The average Bonchev–Trinajstić information content (AvgIpc) is 2.85. The highest BCUT2D eigenvalue weighted by atomic mass is 16.2. The molecule has 1 aliphatic carbocycles. The summed E-state index contributed by atoms with van der Waals surface area (Å²) in [6.45, 7) is 3.04. The summed E-state index contributed by atoms with van der Waals surface area (Å²) < 4.78 is 0. The molecule has 1 heterocycles. The van der Waals surface area contributed by atoms with Gasteiger partial charge in [-0.1, -0.05) is 12.8 Å². The zero-order valence-electron chi connectivity index (χ0n) is 9.45. The van der Waals surface area contributed by atoms with Crippen molar-refractivity contribution in [3.8, 4) is 0 Å². The number of hydrogen-bond donors (Lipinski definition) is 1. The van der Waals surface area contributed by atoms with E-state index in [1.807, 2.05) is 0 Å². The molecule has 5 heteroatoms. The van der Waals surface area contributed by atoms with Crippen molar-refractivity contribution in [1.82, 2.24) is 15.3 Å². The Morgan fingerprint density at radius 2 is 1.88 bits per heavy atom. The lowest BCUT2D eigenvalue weighted by Gasteiger charge is -2.34. The first-order valence-electron chi connectivity index (χ1n) is 6.00. The summed E-state index contributed by atoms with van der Waals surface area (Å²) >= 11 is 0. The lowest BCUT2D eigenvalue weighted by atomic mass is 10.1. The van der Waals surface area contributed by atoms with Crippen molar-refractivity contribution in [2.24, 2.45) is 5.92 Å². The van der Waals surface area contributed by atoms with Gasteiger partial charge in [0, 0.05) is 32.1 Å². The highest BCUT2D eigenvalue weighted by molar-refractivity contribution is 5.87. The van der Waals surface area contributed by atoms with Crippen molar-refractivity contribution in [2.45, 2.75) is 25.7 Å². The van der Waals surface area contributed by atoms with Gasteiger partial charge in [0.1, 0.15) is 0 Å². The predicted molar refractivity (Wildman–Crippen MR) is 58.9 cm³/mol. The Bertz CT molecular complexity index is 258. The van der Waals surface area contributed by atoms with Crippen LogP contribution < -0.4 is 5.32 Å². The largest absolute Gasteiger partial charge is 0.335 e. The molecule has 2 aliphatic rings. The molecule has 2 amide bonds. The molecular formula is C11H18N3O2. The Kier molecular flexibility index (Phi) is 3.90. The molecule has 2 rings (SSSR count). The average molecular weight is 224 g/mol. The Morgan fingerprint density at radius 1 is 1.25 bits per heavy atom. The molecule has 0 unspecified atom stereocenters. The van der Waals surface area contributed by atoms with Gasteiger partial charge in [0.15, 0.2) is 0 Å². The fourth-order valence-electron chi connectivity index (χ4n) is 2.44. The SMILES string of the molecule is O=[C]N(C(=O)C1CCCC1)N1CCNCC1. The molecule has 1 N–H and O–H groups in total. The molecule has 1 aliphatic heterocycles. The van der Waals surface area contributed by atoms with E-state index in [1.54, 1.807) is 11.4 Å². The molecule has 2 fully saturated rings. The van der Waals surface area contributed by atoms with Crippen LogP contribution in [-0.2, 0) is 9.59 Å². The minimum atomic E-state index is -0.0607. The molecular weight excluding hydrogens is 206 g/mol. The molecule has 0 aromatic carbocycles. The molecule has 0 spiro atoms. The number of hydrogen-bond acceptors (Lipinski definition) is 4. The van der Waals surface area contributed by atoms with Gasteiger partial charge in [-0.15, -0.1) is 0 Å². The molecule has 5 nitrogen and oxygen atoms in total. The number of amides is 2. The van der Waals surface area contributed by atoms with Crippen LogP contribution in [0.25, 0.3) is 0 Å². The van der Waals surface area contributed by atoms with E-state index in [2.05, 4.69) is 5.32 Å². The number of piperazine rings is 1. The van der Waals surface area contributed by atoms with Gasteiger partial charge in [-0.05, 0) is 12.8 Å². The summed E-state index contributed by atoms with van der Waals surface area (Å²) in [6, 6.07) is 0. The second-order valence-electron chi connectivity index (χ2n) is 4.43. The standard InChI is InChI=1S/C11H18N3O2/c15-9-14(13-7-5-12-6-8-13)11(16)10-3-1-2-4-10/h10,12H,1-8H2. The van der Waals surface area contributed by atoms with Crippen LogP contribution in [0.15, 0.2) is 0 Å². The summed E-state index contributed by atoms with van der Waals surface area (Å²) in [5.74, 6) is -0.0225. The number of carbonyl (C=O) groups is 1. The van der Waals surface area contributed by atoms with Gasteiger partial charge in [0.05, 0.1) is 0 Å². The molecule has 0 atom stereocenters. The number of rotatable bonds is 3. The molecule has 1 saturated carbocycles. The van der Waals surface area contributed by atoms with Gasteiger partial charge in [0.25, 0.3) is 0 Å². The Labute approximate surface area is 95.7 Å². The predicted octanol–water partition coefficient (Wildman–Crippen LogP) is -0.107. The fourth-order valence-corrected chi connectivity index (χ4v) is 2.44. The lowest BCUT2D eigenvalue weighted by Crippen LogP contribution is -2.55. The Hall–Kier alpha value is -0.940. The highest BCUT2D eigenvalue weighted by Gasteiger charge is 2.31. The normalized spacial score (nSPS) is 23.2. The van der Waals surface area contributed by atoms with Gasteiger partial charge in [0.2, 0.25) is 5.91 Å². The smallest absolute Gasteiger partial charge is 0.314 e. The van der Waals surface area contributed by atoms with Crippen LogP contribution in [0.1, 0.15) is 25.7 Å². The van der Waals surface area contributed by atoms with Crippen molar-refractivity contribution >= 4 is 12.3 Å². The van der Waals surface area contributed by atoms with Gasteiger partial charge in [-0.3, -0.25) is 9.59 Å². The minimum Gasteiger partial charge on any atom is -0.314 e. The second kappa shape index (κ2) is 5.41. The molecule has 1 saturated heterocycles. The van der Waals surface area contributed by atoms with E-state index in [1.165, 1.54) is 5.01 Å². The molecule has 0 bridgehead atoms. The van der Waals surface area contributed by atoms with Crippen LogP contribution in [0.5, 0.6) is 0 Å². The first kappa shape index (κ1) is 11.5. The van der Waals surface area contributed by atoms with Crippen molar-refractivity contribution in [3.63, 3.8) is 0 Å². The summed E-state index contributed by atoms with van der Waals surface area (Å²) in [7, 11) is 0. The minimum absolute atomic E-state index is 0.0383. The highest BCUT2D eigenvalue weighted by Crippen LogP contribution is 2.26. The molecule has 0 aromatic rings. The van der Waals surface area contributed by atoms with Crippen LogP contribution in [0.3, 0.4) is 0 Å². The number of nitrogens with zero attached hydrogens (tertiary/aromatic N) is 2. The van der Waals surface area contributed by atoms with E-state index in [0.717, 1.165) is 38.8 Å². The van der Waals surface area contributed by atoms with Crippen LogP contribution >= 0.6 is 0 Å². The van der Waals surface area contributed by atoms with Crippen LogP contribution in [-0.4, -0.2) is 48.5 Å². The molecule has 89 valence electrons. The topological polar surface area (TPSA) is 52.7 Å². The summed E-state index contributed by atoms with van der Waals surface area (Å²) in [6.07, 6.45) is 5.82. The number of hydrazine groups is 1. The molecule has 1 radical (unpaired) electrons. The zero-order chi connectivity index (χ0) is 11.4. The zero-order valence-corrected chi connectivity index (χ0v) is 9.45. The first-order valence-corrected chi connectivity index (χ1v) is 6.00. The van der Waals surface area contributed by atoms with Crippen LogP contribution in [0, 0.1) is 5.92 Å². The number of carbonyl (C=O) groups excluding carboxylic acids is 2. The quantitative estimate of drug-likeness (QED) is 0.680. The maximum absolute atomic E-state index is 12.1.